The minimum Gasteiger partial charge on any atom is -1.00 e. The first-order valence-electron chi connectivity index (χ1n) is 2.99. The van der Waals surface area contributed by atoms with E-state index in [2.05, 4.69) is 0 Å². The molecule has 0 unspecified atom stereocenters. The molecule has 0 aromatic carbocycles. The normalized spacial score (nSPS) is 3.86. The molecule has 0 amide bonds. The molecule has 0 rings (SSSR count). The highest BCUT2D eigenvalue weighted by atomic mass is 19.0. The molecule has 16 N–H and O–H groups in total. The van der Waals surface area contributed by atoms with E-state index in [-0.39, 0.29) is 49.1 Å². The van der Waals surface area contributed by atoms with E-state index in [4.69, 9.17) is 15.3 Å². The van der Waals surface area contributed by atoms with E-state index in [0.717, 1.165) is 0 Å². The molecule has 8 heteroatoms. The molecular formula is C6H31FN4O3. The van der Waals surface area contributed by atoms with Crippen molar-refractivity contribution in [1.82, 2.24) is 24.6 Å². The van der Waals surface area contributed by atoms with Gasteiger partial charge < -0.3 is 44.6 Å². The van der Waals surface area contributed by atoms with Gasteiger partial charge in [0.25, 0.3) is 0 Å². The van der Waals surface area contributed by atoms with Crippen molar-refractivity contribution in [2.24, 2.45) is 0 Å². The summed E-state index contributed by atoms with van der Waals surface area (Å²) in [5.41, 5.74) is 0. The highest BCUT2D eigenvalue weighted by molar-refractivity contribution is 3.80. The van der Waals surface area contributed by atoms with E-state index in [1.165, 1.54) is 0 Å². The summed E-state index contributed by atoms with van der Waals surface area (Å²) in [7, 11) is 0. The van der Waals surface area contributed by atoms with Crippen molar-refractivity contribution in [1.29, 1.82) is 0 Å². The Morgan fingerprint density at radius 1 is 0.571 bits per heavy atom. The van der Waals surface area contributed by atoms with E-state index in [1.807, 2.05) is 0 Å². The number of hydrogen-bond acceptors (Lipinski definition) is 3. The maximum atomic E-state index is 8.93. The highest BCUT2D eigenvalue weighted by Crippen LogP contribution is 1.19. The van der Waals surface area contributed by atoms with Crippen LogP contribution in [0.1, 0.15) is 20.8 Å². The van der Waals surface area contributed by atoms with Gasteiger partial charge in [-0.2, -0.15) is 0 Å². The van der Waals surface area contributed by atoms with Gasteiger partial charge in [0.2, 0.25) is 0 Å². The lowest BCUT2D eigenvalue weighted by Gasteiger charge is -1.79. The van der Waals surface area contributed by atoms with Gasteiger partial charge in [-0.1, -0.05) is 20.8 Å². The fourth-order valence-electron chi connectivity index (χ4n) is 0. The Bertz CT molecular complexity index is 29.8. The average Bonchev–Trinajstić information content (AvgIpc) is 1.70. The molecule has 0 fully saturated rings. The second-order valence-corrected chi connectivity index (χ2v) is 0.866. The number of quaternary nitrogens is 4. The third-order valence-corrected chi connectivity index (χ3v) is 0. The molecule has 0 atom stereocenters. The Morgan fingerprint density at radius 2 is 0.571 bits per heavy atom. The number of hydrogen-bond donors (Lipinski definition) is 4. The lowest BCUT2D eigenvalue weighted by Crippen LogP contribution is -3.00. The van der Waals surface area contributed by atoms with E-state index >= 15 is 0 Å². The average molecular weight is 226 g/mol. The van der Waals surface area contributed by atoms with Crippen molar-refractivity contribution in [2.75, 3.05) is 19.8 Å². The lowest BCUT2D eigenvalue weighted by molar-refractivity contribution is -0.362. The van der Waals surface area contributed by atoms with Gasteiger partial charge in [0, 0.05) is 0 Å². The van der Waals surface area contributed by atoms with Crippen LogP contribution in [-0.2, 0) is 0 Å². The summed E-state index contributed by atoms with van der Waals surface area (Å²) in [6, 6.07) is 0. The molecule has 0 aliphatic rings. The molecule has 0 aliphatic heterocycles. The first-order valence-corrected chi connectivity index (χ1v) is 2.99. The molecule has 0 radical (unpaired) electrons. The first-order chi connectivity index (χ1) is 4.24. The van der Waals surface area contributed by atoms with Crippen LogP contribution < -0.4 is 44.6 Å². The Morgan fingerprint density at radius 3 is 0.571 bits per heavy atom. The van der Waals surface area contributed by atoms with Crippen molar-refractivity contribution < 1.29 is 20.0 Å². The molecule has 0 saturated carbocycles. The minimum absolute atomic E-state index is 0. The monoisotopic (exact) mass is 226 g/mol. The molecule has 0 aliphatic carbocycles. The fourth-order valence-corrected chi connectivity index (χ4v) is 0. The van der Waals surface area contributed by atoms with E-state index in [1.54, 1.807) is 20.8 Å². The quantitative estimate of drug-likeness (QED) is 0.332. The Hall–Kier alpha value is -0.350. The van der Waals surface area contributed by atoms with Gasteiger partial charge in [0.15, 0.2) is 0 Å². The summed E-state index contributed by atoms with van der Waals surface area (Å²) < 4.78 is 0. The molecule has 0 saturated heterocycles. The SMILES string of the molecule is CC[O-].CC[O-].CC[O-].[F-].[NH4+].[NH4+].[NH4+].[NH4+]. The molecule has 0 bridgehead atoms. The van der Waals surface area contributed by atoms with Gasteiger partial charge in [-0.3, -0.25) is 0 Å². The Balaban J connectivity index is -0.00000000545. The topological polar surface area (TPSA) is 215 Å². The second-order valence-electron chi connectivity index (χ2n) is 0.866. The van der Waals surface area contributed by atoms with Crippen LogP contribution in [-0.4, -0.2) is 19.8 Å². The summed E-state index contributed by atoms with van der Waals surface area (Å²) in [5.74, 6) is 0. The van der Waals surface area contributed by atoms with E-state index in [9.17, 15) is 0 Å². The van der Waals surface area contributed by atoms with Crippen LogP contribution in [0.2, 0.25) is 0 Å². The molecule has 14 heavy (non-hydrogen) atoms. The van der Waals surface area contributed by atoms with E-state index in [0.29, 0.717) is 0 Å². The molecule has 0 heterocycles. The van der Waals surface area contributed by atoms with Crippen LogP contribution in [0.3, 0.4) is 0 Å². The summed E-state index contributed by atoms with van der Waals surface area (Å²) in [4.78, 5) is 0. The summed E-state index contributed by atoms with van der Waals surface area (Å²) in [5, 5.41) is 26.8. The molecule has 0 aromatic rings. The standard InChI is InChI=1S/3C2H5O.FH.4H3N/c3*1-2-3;;;;;/h3*2H2,1H3;1H;4*1H3/q3*-1;;;;;/p+3. The maximum Gasteiger partial charge on any atom is -0.0809 e. The van der Waals surface area contributed by atoms with Gasteiger partial charge in [-0.05, 0) is 0 Å². The zero-order chi connectivity index (χ0) is 8.12. The predicted octanol–water partition coefficient (Wildman–Crippen LogP) is -3.39. The third-order valence-electron chi connectivity index (χ3n) is 0. The van der Waals surface area contributed by atoms with Crippen molar-refractivity contribution in [3.05, 3.63) is 0 Å². The fraction of sp³-hybridized carbons (Fsp3) is 1.00. The first kappa shape index (κ1) is 68.4. The van der Waals surface area contributed by atoms with Crippen molar-refractivity contribution in [3.8, 4) is 0 Å². The zero-order valence-corrected chi connectivity index (χ0v) is 10.7. The van der Waals surface area contributed by atoms with Gasteiger partial charge in [0.1, 0.15) is 0 Å². The van der Waals surface area contributed by atoms with Gasteiger partial charge in [-0.15, -0.1) is 19.8 Å². The van der Waals surface area contributed by atoms with Gasteiger partial charge >= 0.3 is 0 Å². The summed E-state index contributed by atoms with van der Waals surface area (Å²) in [6.45, 7) is 4.71. The minimum atomic E-state index is 0. The number of rotatable bonds is 0. The Labute approximate surface area is 86.2 Å². The summed E-state index contributed by atoms with van der Waals surface area (Å²) in [6.07, 6.45) is 0. The van der Waals surface area contributed by atoms with Crippen LogP contribution in [0, 0.1) is 0 Å². The number of halogens is 1. The van der Waals surface area contributed by atoms with Crippen LogP contribution in [0.15, 0.2) is 0 Å². The molecule has 100 valence electrons. The maximum absolute atomic E-state index is 8.93. The molecule has 7 nitrogen and oxygen atoms in total. The molecule has 0 spiro atoms. The Kier molecular flexibility index (Phi) is 1190. The smallest absolute Gasteiger partial charge is 0.0809 e. The lowest BCUT2D eigenvalue weighted by atomic mass is 10.9. The van der Waals surface area contributed by atoms with E-state index < -0.39 is 0 Å². The van der Waals surface area contributed by atoms with Crippen LogP contribution in [0.5, 0.6) is 0 Å². The van der Waals surface area contributed by atoms with Gasteiger partial charge in [0.05, 0.1) is 0 Å². The summed E-state index contributed by atoms with van der Waals surface area (Å²) >= 11 is 0. The third kappa shape index (κ3) is 10800. The van der Waals surface area contributed by atoms with Crippen LogP contribution >= 0.6 is 0 Å². The van der Waals surface area contributed by atoms with Crippen molar-refractivity contribution in [2.45, 2.75) is 20.8 Å². The zero-order valence-electron chi connectivity index (χ0n) is 10.7. The van der Waals surface area contributed by atoms with Crippen LogP contribution in [0.25, 0.3) is 0 Å². The largest absolute Gasteiger partial charge is 1.00 e. The molecular weight excluding hydrogens is 195 g/mol. The van der Waals surface area contributed by atoms with Crippen LogP contribution in [0.4, 0.5) is 0 Å². The van der Waals surface area contributed by atoms with Gasteiger partial charge in [-0.25, -0.2) is 0 Å². The van der Waals surface area contributed by atoms with Crippen molar-refractivity contribution in [3.63, 3.8) is 0 Å². The molecule has 0 aromatic heterocycles. The second kappa shape index (κ2) is 244. The highest BCUT2D eigenvalue weighted by Gasteiger charge is 1.17. The van der Waals surface area contributed by atoms with Crippen molar-refractivity contribution >= 4 is 0 Å². The predicted molar refractivity (Wildman–Crippen MR) is 55.6 cm³/mol.